The number of benzene rings is 2. The maximum atomic E-state index is 10.5. The summed E-state index contributed by atoms with van der Waals surface area (Å²) in [6.07, 6.45) is 1.41. The molecular formula is C18H18N5O+. The summed E-state index contributed by atoms with van der Waals surface area (Å²) < 4.78 is 0. The zero-order valence-corrected chi connectivity index (χ0v) is 13.2. The van der Waals surface area contributed by atoms with Crippen LogP contribution in [0.5, 0.6) is 5.75 Å². The van der Waals surface area contributed by atoms with E-state index >= 15 is 0 Å². The van der Waals surface area contributed by atoms with E-state index in [1.807, 2.05) is 43.3 Å². The second kappa shape index (κ2) is 6.37. The molecule has 0 aliphatic carbocycles. The van der Waals surface area contributed by atoms with E-state index in [2.05, 4.69) is 15.3 Å². The van der Waals surface area contributed by atoms with E-state index in [1.165, 1.54) is 6.33 Å². The Morgan fingerprint density at radius 2 is 1.71 bits per heavy atom. The maximum absolute atomic E-state index is 10.5. The second-order valence-electron chi connectivity index (χ2n) is 5.44. The normalized spacial score (nSPS) is 10.4. The first-order valence-electron chi connectivity index (χ1n) is 7.41. The average molecular weight is 320 g/mol. The fraction of sp³-hybridized carbons (Fsp3) is 0.0556. The summed E-state index contributed by atoms with van der Waals surface area (Å²) in [6, 6.07) is 15.0. The molecule has 0 spiro atoms. The maximum Gasteiger partial charge on any atom is 0.270 e. The van der Waals surface area contributed by atoms with Gasteiger partial charge in [-0.3, -0.25) is 11.1 Å². The molecule has 0 amide bonds. The number of amidine groups is 1. The predicted octanol–water partition coefficient (Wildman–Crippen LogP) is 1.37. The van der Waals surface area contributed by atoms with Crippen molar-refractivity contribution in [2.24, 2.45) is 5.73 Å². The van der Waals surface area contributed by atoms with E-state index in [0.717, 1.165) is 22.4 Å². The molecule has 0 atom stereocenters. The van der Waals surface area contributed by atoms with Crippen molar-refractivity contribution in [2.75, 3.05) is 5.32 Å². The molecule has 24 heavy (non-hydrogen) atoms. The summed E-state index contributed by atoms with van der Waals surface area (Å²) >= 11 is 0. The number of aryl methyl sites for hydroxylation is 1. The van der Waals surface area contributed by atoms with Crippen LogP contribution in [0.3, 0.4) is 0 Å². The van der Waals surface area contributed by atoms with E-state index in [9.17, 15) is 5.11 Å². The van der Waals surface area contributed by atoms with E-state index in [0.29, 0.717) is 11.5 Å². The SMILES string of the molecule is Cc1ccc(-c2ncnc(Nc3ccc(C(N)=[NH2+])cc3)c2O)cc1. The van der Waals surface area contributed by atoms with Crippen LogP contribution >= 0.6 is 0 Å². The standard InChI is InChI=1S/C18H17N5O/c1-11-2-4-12(5-3-11)15-16(24)18(22-10-21-15)23-14-8-6-13(7-9-14)17(19)20/h2-10,24H,1H3,(H3,19,20)(H,21,22,23)/p+1. The highest BCUT2D eigenvalue weighted by Gasteiger charge is 2.12. The van der Waals surface area contributed by atoms with Gasteiger partial charge in [-0.25, -0.2) is 9.97 Å². The molecule has 0 unspecified atom stereocenters. The van der Waals surface area contributed by atoms with Crippen molar-refractivity contribution in [2.45, 2.75) is 6.92 Å². The Morgan fingerprint density at radius 3 is 2.33 bits per heavy atom. The van der Waals surface area contributed by atoms with Crippen LogP contribution in [0, 0.1) is 6.92 Å². The molecule has 0 aliphatic heterocycles. The monoisotopic (exact) mass is 320 g/mol. The van der Waals surface area contributed by atoms with Gasteiger partial charge in [-0.2, -0.15) is 0 Å². The molecule has 1 heterocycles. The van der Waals surface area contributed by atoms with Gasteiger partial charge in [0, 0.05) is 11.3 Å². The van der Waals surface area contributed by atoms with Crippen molar-refractivity contribution in [1.82, 2.24) is 9.97 Å². The van der Waals surface area contributed by atoms with Crippen LogP contribution in [0.4, 0.5) is 11.5 Å². The minimum absolute atomic E-state index is 0.00432. The van der Waals surface area contributed by atoms with Crippen LogP contribution in [0.2, 0.25) is 0 Å². The van der Waals surface area contributed by atoms with Crippen molar-refractivity contribution in [3.63, 3.8) is 0 Å². The highest BCUT2D eigenvalue weighted by molar-refractivity contribution is 5.93. The molecule has 0 saturated heterocycles. The van der Waals surface area contributed by atoms with E-state index in [1.54, 1.807) is 12.1 Å². The van der Waals surface area contributed by atoms with E-state index in [4.69, 9.17) is 11.1 Å². The Balaban J connectivity index is 1.90. The fourth-order valence-corrected chi connectivity index (χ4v) is 2.28. The van der Waals surface area contributed by atoms with Crippen LogP contribution < -0.4 is 16.5 Å². The predicted molar refractivity (Wildman–Crippen MR) is 93.8 cm³/mol. The zero-order chi connectivity index (χ0) is 17.1. The molecule has 1 aromatic heterocycles. The van der Waals surface area contributed by atoms with E-state index in [-0.39, 0.29) is 11.6 Å². The molecule has 6 nitrogen and oxygen atoms in total. The van der Waals surface area contributed by atoms with Crippen LogP contribution in [-0.4, -0.2) is 20.9 Å². The minimum atomic E-state index is -0.00432. The number of anilines is 2. The van der Waals surface area contributed by atoms with Crippen molar-refractivity contribution in [3.8, 4) is 17.0 Å². The van der Waals surface area contributed by atoms with Gasteiger partial charge in [0.15, 0.2) is 11.6 Å². The van der Waals surface area contributed by atoms with Gasteiger partial charge in [-0.15, -0.1) is 0 Å². The smallest absolute Gasteiger partial charge is 0.270 e. The molecule has 3 rings (SSSR count). The third kappa shape index (κ3) is 3.17. The van der Waals surface area contributed by atoms with Crippen LogP contribution in [0.1, 0.15) is 11.1 Å². The highest BCUT2D eigenvalue weighted by Crippen LogP contribution is 2.33. The van der Waals surface area contributed by atoms with Crippen molar-refractivity contribution < 1.29 is 10.5 Å². The first kappa shape index (κ1) is 15.5. The van der Waals surface area contributed by atoms with Crippen LogP contribution in [0.25, 0.3) is 11.3 Å². The van der Waals surface area contributed by atoms with Gasteiger partial charge < -0.3 is 10.4 Å². The topological polar surface area (TPSA) is 110 Å². The third-order valence-corrected chi connectivity index (χ3v) is 3.63. The minimum Gasteiger partial charge on any atom is -0.503 e. The highest BCUT2D eigenvalue weighted by atomic mass is 16.3. The molecule has 0 bridgehead atoms. The van der Waals surface area contributed by atoms with Gasteiger partial charge in [-0.05, 0) is 31.2 Å². The molecule has 0 saturated carbocycles. The van der Waals surface area contributed by atoms with Crippen LogP contribution in [-0.2, 0) is 0 Å². The number of aromatic nitrogens is 2. The summed E-state index contributed by atoms with van der Waals surface area (Å²) in [5, 5.41) is 19.1. The Bertz CT molecular complexity index is 873. The lowest BCUT2D eigenvalue weighted by Crippen LogP contribution is -2.46. The molecule has 0 aliphatic rings. The Morgan fingerprint density at radius 1 is 1.04 bits per heavy atom. The van der Waals surface area contributed by atoms with Gasteiger partial charge in [0.1, 0.15) is 12.0 Å². The lowest BCUT2D eigenvalue weighted by atomic mass is 10.1. The lowest BCUT2D eigenvalue weighted by Gasteiger charge is -2.10. The summed E-state index contributed by atoms with van der Waals surface area (Å²) in [7, 11) is 0. The van der Waals surface area contributed by atoms with Crippen LogP contribution in [0.15, 0.2) is 54.9 Å². The molecule has 2 aromatic carbocycles. The zero-order valence-electron chi connectivity index (χ0n) is 13.2. The molecule has 120 valence electrons. The number of nitrogens with zero attached hydrogens (tertiary/aromatic N) is 2. The third-order valence-electron chi connectivity index (χ3n) is 3.63. The Labute approximate surface area is 139 Å². The van der Waals surface area contributed by atoms with Gasteiger partial charge in [0.2, 0.25) is 0 Å². The average Bonchev–Trinajstić information content (AvgIpc) is 2.58. The molecule has 0 fully saturated rings. The van der Waals surface area contributed by atoms with Gasteiger partial charge in [-0.1, -0.05) is 29.8 Å². The molecule has 3 aromatic rings. The molecule has 6 N–H and O–H groups in total. The van der Waals surface area contributed by atoms with Gasteiger partial charge in [0.25, 0.3) is 5.84 Å². The summed E-state index contributed by atoms with van der Waals surface area (Å²) in [5.41, 5.74) is 9.49. The van der Waals surface area contributed by atoms with Crippen molar-refractivity contribution in [1.29, 1.82) is 0 Å². The fourth-order valence-electron chi connectivity index (χ4n) is 2.28. The van der Waals surface area contributed by atoms with Crippen molar-refractivity contribution >= 4 is 17.3 Å². The second-order valence-corrected chi connectivity index (χ2v) is 5.44. The Kier molecular flexibility index (Phi) is 4.11. The first-order valence-corrected chi connectivity index (χ1v) is 7.41. The Hall–Kier alpha value is -3.41. The summed E-state index contributed by atoms with van der Waals surface area (Å²) in [5.74, 6) is 0.585. The molecular weight excluding hydrogens is 302 g/mol. The lowest BCUT2D eigenvalue weighted by molar-refractivity contribution is -0.114. The van der Waals surface area contributed by atoms with Gasteiger partial charge >= 0.3 is 0 Å². The molecule has 6 heteroatoms. The molecule has 0 radical (unpaired) electrons. The van der Waals surface area contributed by atoms with Crippen molar-refractivity contribution in [3.05, 3.63) is 66.0 Å². The quantitative estimate of drug-likeness (QED) is 0.429. The summed E-state index contributed by atoms with van der Waals surface area (Å²) in [4.78, 5) is 8.29. The number of hydrogen-bond donors (Lipinski definition) is 4. The number of rotatable bonds is 4. The van der Waals surface area contributed by atoms with Gasteiger partial charge in [0.05, 0.1) is 5.56 Å². The first-order chi connectivity index (χ1) is 11.5. The number of nitrogens with two attached hydrogens (primary N) is 2. The largest absolute Gasteiger partial charge is 0.503 e. The summed E-state index contributed by atoms with van der Waals surface area (Å²) in [6.45, 7) is 2.01. The number of hydrogen-bond acceptors (Lipinski definition) is 4. The number of aromatic hydroxyl groups is 1. The number of nitrogens with one attached hydrogen (secondary N) is 1. The van der Waals surface area contributed by atoms with E-state index < -0.39 is 0 Å².